The molecule has 1 N–H and O–H groups in total. The lowest BCUT2D eigenvalue weighted by atomic mass is 10.0. The van der Waals surface area contributed by atoms with Crippen molar-refractivity contribution in [1.29, 1.82) is 0 Å². The number of carbonyl (C=O) groups excluding carboxylic acids is 1. The van der Waals surface area contributed by atoms with Crippen molar-refractivity contribution in [1.82, 2.24) is 13.8 Å². The number of methoxy groups -OCH3 is 1. The van der Waals surface area contributed by atoms with Gasteiger partial charge in [-0.15, -0.1) is 0 Å². The topological polar surface area (TPSA) is 83.9 Å². The number of aromatic nitrogens is 1. The highest BCUT2D eigenvalue weighted by atomic mass is 32.2. The molecule has 1 aliphatic carbocycles. The monoisotopic (exact) mass is 472 g/mol. The van der Waals surface area contributed by atoms with Crippen molar-refractivity contribution >= 4 is 32.5 Å². The predicted octanol–water partition coefficient (Wildman–Crippen LogP) is 2.29. The van der Waals surface area contributed by atoms with Gasteiger partial charge in [0.2, 0.25) is 15.9 Å². The second kappa shape index (κ2) is 9.42. The van der Waals surface area contributed by atoms with E-state index in [1.165, 1.54) is 3.97 Å². The summed E-state index contributed by atoms with van der Waals surface area (Å²) in [6.45, 7) is 5.28. The van der Waals surface area contributed by atoms with Crippen molar-refractivity contribution in [2.24, 2.45) is 0 Å². The smallest absolute Gasteiger partial charge is 0.248 e. The Morgan fingerprint density at radius 2 is 1.94 bits per heavy atom. The number of nitrogens with one attached hydrogen (secondary N) is 1. The summed E-state index contributed by atoms with van der Waals surface area (Å²) in [6.07, 6.45) is 9.15. The fourth-order valence-corrected chi connectivity index (χ4v) is 6.12. The van der Waals surface area contributed by atoms with Crippen LogP contribution in [0.1, 0.15) is 13.3 Å². The van der Waals surface area contributed by atoms with Crippen LogP contribution in [0.3, 0.4) is 0 Å². The molecule has 1 aliphatic heterocycles. The van der Waals surface area contributed by atoms with Crippen LogP contribution in [0.4, 0.5) is 5.69 Å². The molecule has 1 unspecified atom stereocenters. The third-order valence-corrected chi connectivity index (χ3v) is 8.91. The van der Waals surface area contributed by atoms with Gasteiger partial charge in [-0.1, -0.05) is 36.4 Å². The summed E-state index contributed by atoms with van der Waals surface area (Å²) < 4.78 is 32.9. The average Bonchev–Trinajstić information content (AvgIpc) is 3.25. The number of piperazine rings is 1. The minimum Gasteiger partial charge on any atom is -0.383 e. The standard InChI is InChI=1S/C24H32N4O4S/c1-24(11-5-4-6-12-24)33(30,31)28-13-10-19-8-7-9-20(22(19)28)25-23(29)21(18-32-3)27-16-14-26(2)15-17-27/h4-11,13,21H,12,14-18H2,1-3H3,(H,25,29)/t21-,24?/m1/s1. The van der Waals surface area contributed by atoms with E-state index in [0.717, 1.165) is 31.6 Å². The molecule has 0 spiro atoms. The Morgan fingerprint density at radius 1 is 1.18 bits per heavy atom. The highest BCUT2D eigenvalue weighted by molar-refractivity contribution is 7.91. The number of ether oxygens (including phenoxy) is 1. The number of hydrogen-bond acceptors (Lipinski definition) is 6. The van der Waals surface area contributed by atoms with Crippen LogP contribution in [-0.4, -0.2) is 85.8 Å². The van der Waals surface area contributed by atoms with Crippen LogP contribution in [0.25, 0.3) is 10.9 Å². The summed E-state index contributed by atoms with van der Waals surface area (Å²) in [4.78, 5) is 17.7. The maximum Gasteiger partial charge on any atom is 0.248 e. The van der Waals surface area contributed by atoms with Gasteiger partial charge in [-0.3, -0.25) is 9.69 Å². The summed E-state index contributed by atoms with van der Waals surface area (Å²) >= 11 is 0. The van der Waals surface area contributed by atoms with Crippen LogP contribution >= 0.6 is 0 Å². The summed E-state index contributed by atoms with van der Waals surface area (Å²) in [5.41, 5.74) is 0.949. The Labute approximate surface area is 195 Å². The number of rotatable bonds is 7. The summed E-state index contributed by atoms with van der Waals surface area (Å²) in [5, 5.41) is 3.75. The number of fused-ring (bicyclic) bond motifs is 1. The number of hydrogen-bond donors (Lipinski definition) is 1. The molecule has 0 saturated carbocycles. The molecule has 0 bridgehead atoms. The van der Waals surface area contributed by atoms with Crippen LogP contribution in [0.2, 0.25) is 0 Å². The van der Waals surface area contributed by atoms with Crippen molar-refractivity contribution < 1.29 is 17.9 Å². The van der Waals surface area contributed by atoms with Crippen molar-refractivity contribution in [3.05, 3.63) is 54.8 Å². The molecule has 178 valence electrons. The molecule has 0 radical (unpaired) electrons. The minimum absolute atomic E-state index is 0.203. The lowest BCUT2D eigenvalue weighted by molar-refractivity contribution is -0.124. The number of para-hydroxylation sites is 1. The normalized spacial score (nSPS) is 23.1. The zero-order chi connectivity index (χ0) is 23.6. The molecule has 2 heterocycles. The molecule has 33 heavy (non-hydrogen) atoms. The van der Waals surface area contributed by atoms with Crippen molar-refractivity contribution in [2.75, 3.05) is 52.3 Å². The number of likely N-dealkylation sites (N-methyl/N-ethyl adjacent to an activating group) is 1. The van der Waals surface area contributed by atoms with Gasteiger partial charge in [0.15, 0.2) is 0 Å². The molecule has 9 heteroatoms. The average molecular weight is 473 g/mol. The van der Waals surface area contributed by atoms with Crippen LogP contribution in [0.5, 0.6) is 0 Å². The number of benzene rings is 1. The van der Waals surface area contributed by atoms with Crippen molar-refractivity contribution in [2.45, 2.75) is 24.1 Å². The molecule has 2 aromatic rings. The molecule has 2 atom stereocenters. The van der Waals surface area contributed by atoms with E-state index in [1.54, 1.807) is 44.5 Å². The van der Waals surface area contributed by atoms with E-state index < -0.39 is 20.8 Å². The Balaban J connectivity index is 1.67. The van der Waals surface area contributed by atoms with Gasteiger partial charge in [0.05, 0.1) is 17.8 Å². The van der Waals surface area contributed by atoms with Crippen LogP contribution in [0, 0.1) is 0 Å². The molecule has 8 nitrogen and oxygen atoms in total. The lowest BCUT2D eigenvalue weighted by Gasteiger charge is -2.36. The van der Waals surface area contributed by atoms with Gasteiger partial charge in [0.1, 0.15) is 10.8 Å². The number of nitrogens with zero attached hydrogens (tertiary/aromatic N) is 3. The maximum atomic E-state index is 13.7. The van der Waals surface area contributed by atoms with Crippen LogP contribution in [-0.2, 0) is 19.6 Å². The number of carbonyl (C=O) groups is 1. The molecular formula is C24H32N4O4S. The van der Waals surface area contributed by atoms with Crippen molar-refractivity contribution in [3.63, 3.8) is 0 Å². The van der Waals surface area contributed by atoms with Crippen LogP contribution in [0.15, 0.2) is 54.8 Å². The molecule has 1 aromatic heterocycles. The molecule has 4 rings (SSSR count). The number of anilines is 1. The number of amides is 1. The molecule has 1 saturated heterocycles. The van der Waals surface area contributed by atoms with E-state index in [-0.39, 0.29) is 12.5 Å². The highest BCUT2D eigenvalue weighted by Crippen LogP contribution is 2.34. The van der Waals surface area contributed by atoms with Gasteiger partial charge in [-0.05, 0) is 32.5 Å². The van der Waals surface area contributed by atoms with E-state index in [4.69, 9.17) is 4.74 Å². The Morgan fingerprint density at radius 3 is 2.61 bits per heavy atom. The molecule has 2 aliphatic rings. The molecular weight excluding hydrogens is 440 g/mol. The second-order valence-corrected chi connectivity index (χ2v) is 11.2. The summed E-state index contributed by atoms with van der Waals surface area (Å²) in [7, 11) is -0.123. The van der Waals surface area contributed by atoms with Gasteiger partial charge >= 0.3 is 0 Å². The van der Waals surface area contributed by atoms with Gasteiger partial charge in [0, 0.05) is 44.9 Å². The number of allylic oxidation sites excluding steroid dienone is 3. The van der Waals surface area contributed by atoms with Crippen molar-refractivity contribution in [3.8, 4) is 0 Å². The van der Waals surface area contributed by atoms with Gasteiger partial charge in [-0.25, -0.2) is 12.4 Å². The zero-order valence-corrected chi connectivity index (χ0v) is 20.2. The highest BCUT2D eigenvalue weighted by Gasteiger charge is 2.39. The first-order chi connectivity index (χ1) is 15.8. The first-order valence-corrected chi connectivity index (χ1v) is 12.6. The Bertz CT molecular complexity index is 1180. The largest absolute Gasteiger partial charge is 0.383 e. The first-order valence-electron chi connectivity index (χ1n) is 11.2. The first kappa shape index (κ1) is 23.7. The van der Waals surface area contributed by atoms with E-state index in [0.29, 0.717) is 17.6 Å². The molecule has 1 fully saturated rings. The lowest BCUT2D eigenvalue weighted by Crippen LogP contribution is -2.54. The summed E-state index contributed by atoms with van der Waals surface area (Å²) in [5.74, 6) is -0.203. The molecule has 1 amide bonds. The van der Waals surface area contributed by atoms with E-state index in [9.17, 15) is 13.2 Å². The van der Waals surface area contributed by atoms with Gasteiger partial charge < -0.3 is 15.0 Å². The second-order valence-electron chi connectivity index (χ2n) is 8.96. The fourth-order valence-electron chi connectivity index (χ4n) is 4.44. The third-order valence-electron chi connectivity index (χ3n) is 6.61. The van der Waals surface area contributed by atoms with E-state index in [2.05, 4.69) is 22.2 Å². The SMILES string of the molecule is COC[C@H](C(=O)Nc1cccc2ccn(S(=O)(=O)C3(C)C=CC=CC3)c12)N1CCN(C)CC1. The quantitative estimate of drug-likeness (QED) is 0.666. The predicted molar refractivity (Wildman–Crippen MR) is 131 cm³/mol. The third kappa shape index (κ3) is 4.50. The van der Waals surface area contributed by atoms with E-state index in [1.807, 2.05) is 24.3 Å². The Kier molecular flexibility index (Phi) is 6.76. The minimum atomic E-state index is -3.77. The fraction of sp³-hybridized carbons (Fsp3) is 0.458. The van der Waals surface area contributed by atoms with Gasteiger partial charge in [-0.2, -0.15) is 0 Å². The molecule has 1 aromatic carbocycles. The Hall–Kier alpha value is -2.46. The summed E-state index contributed by atoms with van der Waals surface area (Å²) in [6, 6.07) is 6.73. The maximum absolute atomic E-state index is 13.7. The zero-order valence-electron chi connectivity index (χ0n) is 19.4. The van der Waals surface area contributed by atoms with E-state index >= 15 is 0 Å². The van der Waals surface area contributed by atoms with Gasteiger partial charge in [0.25, 0.3) is 0 Å². The van der Waals surface area contributed by atoms with Crippen LogP contribution < -0.4 is 5.32 Å².